The summed E-state index contributed by atoms with van der Waals surface area (Å²) in [6, 6.07) is 7.90. The molecule has 0 aliphatic rings. The second kappa shape index (κ2) is 4.53. The van der Waals surface area contributed by atoms with Crippen LogP contribution in [0.15, 0.2) is 24.3 Å². The molecule has 2 aromatic rings. The van der Waals surface area contributed by atoms with E-state index in [1.54, 1.807) is 18.4 Å². The van der Waals surface area contributed by atoms with E-state index in [1.807, 2.05) is 24.3 Å². The highest BCUT2D eigenvalue weighted by molar-refractivity contribution is 7.19. The van der Waals surface area contributed by atoms with Crippen molar-refractivity contribution in [2.75, 3.05) is 7.11 Å². The summed E-state index contributed by atoms with van der Waals surface area (Å²) in [7, 11) is 1.64. The molecular weight excluding hydrogens is 224 g/mol. The van der Waals surface area contributed by atoms with Gasteiger partial charge in [0, 0.05) is 4.88 Å². The van der Waals surface area contributed by atoms with Crippen molar-refractivity contribution in [2.24, 2.45) is 0 Å². The lowest BCUT2D eigenvalue weighted by molar-refractivity contribution is -0.136. The van der Waals surface area contributed by atoms with Crippen molar-refractivity contribution in [1.29, 1.82) is 0 Å². The Balaban J connectivity index is 2.32. The fraction of sp³-hybridized carbons (Fsp3) is 0.250. The van der Waals surface area contributed by atoms with E-state index >= 15 is 0 Å². The van der Waals surface area contributed by atoms with E-state index < -0.39 is 5.97 Å². The minimum absolute atomic E-state index is 0.176. The predicted octanol–water partition coefficient (Wildman–Crippen LogP) is 2.93. The second-order valence-corrected chi connectivity index (χ2v) is 4.62. The molecule has 0 aliphatic carbocycles. The van der Waals surface area contributed by atoms with Gasteiger partial charge in [-0.05, 0) is 23.9 Å². The molecular formula is C12H12O3S. The molecule has 0 aliphatic heterocycles. The van der Waals surface area contributed by atoms with E-state index in [9.17, 15) is 4.79 Å². The van der Waals surface area contributed by atoms with Gasteiger partial charge in [0.25, 0.3) is 0 Å². The standard InChI is InChI=1S/C12H12O3S/c1-15-10-4-2-3-8-7-9(16-12(8)10)5-6-11(13)14/h2-4,7H,5-6H2,1H3,(H,13,14). The van der Waals surface area contributed by atoms with Crippen LogP contribution in [0.5, 0.6) is 5.75 Å². The molecule has 1 N–H and O–H groups in total. The number of aliphatic carboxylic acids is 1. The first-order chi connectivity index (χ1) is 7.70. The second-order valence-electron chi connectivity index (χ2n) is 3.49. The van der Waals surface area contributed by atoms with Gasteiger partial charge < -0.3 is 9.84 Å². The Kier molecular flexibility index (Phi) is 3.10. The normalized spacial score (nSPS) is 10.6. The Bertz CT molecular complexity index is 516. The number of rotatable bonds is 4. The Morgan fingerprint density at radius 3 is 3.00 bits per heavy atom. The van der Waals surface area contributed by atoms with E-state index in [4.69, 9.17) is 9.84 Å². The number of benzene rings is 1. The molecule has 0 fully saturated rings. The number of thiophene rings is 1. The molecule has 0 bridgehead atoms. The first-order valence-electron chi connectivity index (χ1n) is 4.98. The zero-order valence-corrected chi connectivity index (χ0v) is 9.71. The molecule has 0 radical (unpaired) electrons. The Morgan fingerprint density at radius 2 is 2.31 bits per heavy atom. The summed E-state index contributed by atoms with van der Waals surface area (Å²) in [4.78, 5) is 11.6. The average molecular weight is 236 g/mol. The van der Waals surface area contributed by atoms with Crippen molar-refractivity contribution in [3.63, 3.8) is 0 Å². The molecule has 0 spiro atoms. The quantitative estimate of drug-likeness (QED) is 0.887. The zero-order valence-electron chi connectivity index (χ0n) is 8.90. The van der Waals surface area contributed by atoms with Gasteiger partial charge in [0.05, 0.1) is 18.2 Å². The van der Waals surface area contributed by atoms with Gasteiger partial charge in [-0.2, -0.15) is 0 Å². The van der Waals surface area contributed by atoms with Gasteiger partial charge in [0.2, 0.25) is 0 Å². The molecule has 0 atom stereocenters. The van der Waals surface area contributed by atoms with Crippen LogP contribution in [0, 0.1) is 0 Å². The first-order valence-corrected chi connectivity index (χ1v) is 5.79. The highest BCUT2D eigenvalue weighted by atomic mass is 32.1. The number of hydrogen-bond acceptors (Lipinski definition) is 3. The third-order valence-electron chi connectivity index (χ3n) is 2.36. The summed E-state index contributed by atoms with van der Waals surface area (Å²) in [6.07, 6.45) is 0.757. The van der Waals surface area contributed by atoms with Gasteiger partial charge in [-0.3, -0.25) is 4.79 Å². The molecule has 0 amide bonds. The van der Waals surface area contributed by atoms with Crippen molar-refractivity contribution in [3.05, 3.63) is 29.1 Å². The van der Waals surface area contributed by atoms with Crippen LogP contribution in [-0.4, -0.2) is 18.2 Å². The number of carbonyl (C=O) groups is 1. The molecule has 4 heteroatoms. The molecule has 1 aromatic carbocycles. The predicted molar refractivity (Wildman–Crippen MR) is 64.3 cm³/mol. The van der Waals surface area contributed by atoms with Crippen LogP contribution in [0.2, 0.25) is 0 Å². The van der Waals surface area contributed by atoms with Crippen molar-refractivity contribution >= 4 is 27.4 Å². The number of hydrogen-bond donors (Lipinski definition) is 1. The van der Waals surface area contributed by atoms with Gasteiger partial charge in [0.1, 0.15) is 5.75 Å². The fourth-order valence-corrected chi connectivity index (χ4v) is 2.75. The summed E-state index contributed by atoms with van der Waals surface area (Å²) < 4.78 is 6.35. The van der Waals surface area contributed by atoms with Gasteiger partial charge in [-0.25, -0.2) is 0 Å². The van der Waals surface area contributed by atoms with E-state index in [0.29, 0.717) is 6.42 Å². The SMILES string of the molecule is COc1cccc2cc(CCC(=O)O)sc12. The number of methoxy groups -OCH3 is 1. The lowest BCUT2D eigenvalue weighted by Gasteiger charge is -1.99. The van der Waals surface area contributed by atoms with Crippen LogP contribution >= 0.6 is 11.3 Å². The van der Waals surface area contributed by atoms with Crippen molar-refractivity contribution in [2.45, 2.75) is 12.8 Å². The smallest absolute Gasteiger partial charge is 0.303 e. The molecule has 16 heavy (non-hydrogen) atoms. The summed E-state index contributed by atoms with van der Waals surface area (Å²) in [5.74, 6) is 0.0912. The van der Waals surface area contributed by atoms with Gasteiger partial charge in [-0.1, -0.05) is 12.1 Å². The largest absolute Gasteiger partial charge is 0.495 e. The summed E-state index contributed by atoms with van der Waals surface area (Å²) in [5.41, 5.74) is 0. The average Bonchev–Trinajstić information content (AvgIpc) is 2.68. The number of carboxylic acid groups (broad SMARTS) is 1. The maximum atomic E-state index is 10.5. The summed E-state index contributed by atoms with van der Waals surface area (Å²) in [5, 5.41) is 9.75. The molecule has 84 valence electrons. The minimum Gasteiger partial charge on any atom is -0.495 e. The van der Waals surface area contributed by atoms with Gasteiger partial charge >= 0.3 is 5.97 Å². The molecule has 1 aromatic heterocycles. The Labute approximate surface area is 97.3 Å². The van der Waals surface area contributed by atoms with E-state index in [0.717, 1.165) is 20.7 Å². The Morgan fingerprint density at radius 1 is 1.50 bits per heavy atom. The fourth-order valence-electron chi connectivity index (χ4n) is 1.60. The number of ether oxygens (including phenoxy) is 1. The van der Waals surface area contributed by atoms with Crippen LogP contribution in [0.25, 0.3) is 10.1 Å². The zero-order chi connectivity index (χ0) is 11.5. The maximum absolute atomic E-state index is 10.5. The van der Waals surface area contributed by atoms with Gasteiger partial charge in [-0.15, -0.1) is 11.3 Å². The number of aryl methyl sites for hydroxylation is 1. The van der Waals surface area contributed by atoms with E-state index in [-0.39, 0.29) is 6.42 Å². The van der Waals surface area contributed by atoms with Crippen LogP contribution in [0.4, 0.5) is 0 Å². The summed E-state index contributed by atoms with van der Waals surface area (Å²) >= 11 is 1.60. The highest BCUT2D eigenvalue weighted by Crippen LogP contribution is 2.33. The molecule has 0 unspecified atom stereocenters. The third-order valence-corrected chi connectivity index (χ3v) is 3.59. The van der Waals surface area contributed by atoms with Gasteiger partial charge in [0.15, 0.2) is 0 Å². The monoisotopic (exact) mass is 236 g/mol. The highest BCUT2D eigenvalue weighted by Gasteiger charge is 2.07. The lowest BCUT2D eigenvalue weighted by Crippen LogP contribution is -1.95. The Hall–Kier alpha value is -1.55. The van der Waals surface area contributed by atoms with E-state index in [2.05, 4.69) is 0 Å². The molecule has 0 saturated heterocycles. The first kappa shape index (κ1) is 11.0. The van der Waals surface area contributed by atoms with Crippen LogP contribution < -0.4 is 4.74 Å². The van der Waals surface area contributed by atoms with Crippen LogP contribution in [-0.2, 0) is 11.2 Å². The van der Waals surface area contributed by atoms with Crippen LogP contribution in [0.3, 0.4) is 0 Å². The van der Waals surface area contributed by atoms with Crippen molar-refractivity contribution in [3.8, 4) is 5.75 Å². The summed E-state index contributed by atoms with van der Waals surface area (Å²) in [6.45, 7) is 0. The van der Waals surface area contributed by atoms with E-state index in [1.165, 1.54) is 0 Å². The molecule has 3 nitrogen and oxygen atoms in total. The van der Waals surface area contributed by atoms with Crippen molar-refractivity contribution in [1.82, 2.24) is 0 Å². The molecule has 1 heterocycles. The third kappa shape index (κ3) is 2.17. The molecule has 0 saturated carbocycles. The number of carboxylic acids is 1. The maximum Gasteiger partial charge on any atom is 0.303 e. The number of fused-ring (bicyclic) bond motifs is 1. The van der Waals surface area contributed by atoms with Crippen molar-refractivity contribution < 1.29 is 14.6 Å². The molecule has 2 rings (SSSR count). The lowest BCUT2D eigenvalue weighted by atomic mass is 10.2. The minimum atomic E-state index is -0.760. The van der Waals surface area contributed by atoms with Crippen LogP contribution in [0.1, 0.15) is 11.3 Å². The topological polar surface area (TPSA) is 46.5 Å².